The summed E-state index contributed by atoms with van der Waals surface area (Å²) in [7, 11) is 1.58. The second kappa shape index (κ2) is 9.57. The van der Waals surface area contributed by atoms with Crippen LogP contribution >= 0.6 is 11.6 Å². The number of amides is 2. The van der Waals surface area contributed by atoms with E-state index < -0.39 is 0 Å². The lowest BCUT2D eigenvalue weighted by Crippen LogP contribution is -2.12. The fourth-order valence-corrected chi connectivity index (χ4v) is 2.75. The predicted molar refractivity (Wildman–Crippen MR) is 117 cm³/mol. The van der Waals surface area contributed by atoms with E-state index in [0.717, 1.165) is 5.56 Å². The van der Waals surface area contributed by atoms with Crippen LogP contribution in [0.1, 0.15) is 15.9 Å². The summed E-state index contributed by atoms with van der Waals surface area (Å²) in [5.41, 5.74) is 2.57. The van der Waals surface area contributed by atoms with Crippen LogP contribution in [-0.2, 0) is 4.79 Å². The van der Waals surface area contributed by atoms with Crippen molar-refractivity contribution in [3.63, 3.8) is 0 Å². The fourth-order valence-electron chi connectivity index (χ4n) is 2.55. The minimum Gasteiger partial charge on any atom is -0.497 e. The Morgan fingerprint density at radius 1 is 0.897 bits per heavy atom. The first kappa shape index (κ1) is 20.2. The van der Waals surface area contributed by atoms with Crippen molar-refractivity contribution in [1.82, 2.24) is 0 Å². The molecule has 2 N–H and O–H groups in total. The van der Waals surface area contributed by atoms with Gasteiger partial charge in [-0.1, -0.05) is 23.7 Å². The van der Waals surface area contributed by atoms with Crippen LogP contribution in [0.4, 0.5) is 11.4 Å². The topological polar surface area (TPSA) is 67.4 Å². The quantitative estimate of drug-likeness (QED) is 0.549. The summed E-state index contributed by atoms with van der Waals surface area (Å²) >= 11 is 5.92. The zero-order valence-electron chi connectivity index (χ0n) is 15.7. The van der Waals surface area contributed by atoms with Crippen molar-refractivity contribution in [1.29, 1.82) is 0 Å². The number of carbonyl (C=O) groups is 2. The molecule has 0 bridgehead atoms. The summed E-state index contributed by atoms with van der Waals surface area (Å²) in [6.07, 6.45) is 3.11. The number of rotatable bonds is 6. The van der Waals surface area contributed by atoms with Crippen molar-refractivity contribution >= 4 is 40.9 Å². The molecule has 0 saturated carbocycles. The third kappa shape index (κ3) is 5.96. The number of carbonyl (C=O) groups excluding carboxylic acids is 2. The highest BCUT2D eigenvalue weighted by molar-refractivity contribution is 6.30. The van der Waals surface area contributed by atoms with Crippen molar-refractivity contribution in [2.75, 3.05) is 17.7 Å². The van der Waals surface area contributed by atoms with Gasteiger partial charge in [-0.3, -0.25) is 9.59 Å². The number of hydrogen-bond acceptors (Lipinski definition) is 3. The SMILES string of the molecule is COc1ccc(NC(=O)c2ccc(NC(=O)/C=C/c3cccc(Cl)c3)cc2)cc1. The molecule has 0 aliphatic carbocycles. The van der Waals surface area contributed by atoms with Crippen LogP contribution in [0.25, 0.3) is 6.08 Å². The normalized spacial score (nSPS) is 10.6. The second-order valence-electron chi connectivity index (χ2n) is 6.14. The van der Waals surface area contributed by atoms with Crippen LogP contribution in [0.3, 0.4) is 0 Å². The first-order chi connectivity index (χ1) is 14.0. The first-order valence-electron chi connectivity index (χ1n) is 8.83. The molecule has 0 radical (unpaired) electrons. The van der Waals surface area contributed by atoms with Gasteiger partial charge in [-0.2, -0.15) is 0 Å². The van der Waals surface area contributed by atoms with Gasteiger partial charge >= 0.3 is 0 Å². The molecule has 0 aliphatic rings. The molecule has 0 aliphatic heterocycles. The van der Waals surface area contributed by atoms with Crippen molar-refractivity contribution in [3.8, 4) is 5.75 Å². The lowest BCUT2D eigenvalue weighted by atomic mass is 10.2. The van der Waals surface area contributed by atoms with E-state index in [-0.39, 0.29) is 11.8 Å². The van der Waals surface area contributed by atoms with Crippen molar-refractivity contribution in [2.24, 2.45) is 0 Å². The number of halogens is 1. The molecule has 6 heteroatoms. The average molecular weight is 407 g/mol. The van der Waals surface area contributed by atoms with Gasteiger partial charge in [0.15, 0.2) is 0 Å². The lowest BCUT2D eigenvalue weighted by Gasteiger charge is -2.07. The third-order valence-corrected chi connectivity index (χ3v) is 4.27. The largest absolute Gasteiger partial charge is 0.497 e. The molecule has 29 heavy (non-hydrogen) atoms. The van der Waals surface area contributed by atoms with Gasteiger partial charge in [0.1, 0.15) is 5.75 Å². The van der Waals surface area contributed by atoms with E-state index >= 15 is 0 Å². The van der Waals surface area contributed by atoms with Gasteiger partial charge in [-0.25, -0.2) is 0 Å². The molecule has 2 amide bonds. The molecule has 0 saturated heterocycles. The van der Waals surface area contributed by atoms with Crippen molar-refractivity contribution in [2.45, 2.75) is 0 Å². The molecule has 5 nitrogen and oxygen atoms in total. The molecule has 3 aromatic rings. The van der Waals surface area contributed by atoms with Crippen LogP contribution in [0.2, 0.25) is 5.02 Å². The summed E-state index contributed by atoms with van der Waals surface area (Å²) in [5.74, 6) is 0.196. The number of nitrogens with one attached hydrogen (secondary N) is 2. The Morgan fingerprint density at radius 2 is 1.55 bits per heavy atom. The summed E-state index contributed by atoms with van der Waals surface area (Å²) in [6, 6.07) is 20.9. The zero-order valence-corrected chi connectivity index (χ0v) is 16.4. The standard InChI is InChI=1S/C23H19ClN2O3/c1-29-21-12-10-20(11-13-21)26-23(28)17-6-8-19(9-7-17)25-22(27)14-5-16-3-2-4-18(24)15-16/h2-15H,1H3,(H,25,27)(H,26,28)/b14-5+. The Kier molecular flexibility index (Phi) is 6.66. The summed E-state index contributed by atoms with van der Waals surface area (Å²) in [5, 5.41) is 6.17. The average Bonchev–Trinajstić information content (AvgIpc) is 2.73. The summed E-state index contributed by atoms with van der Waals surface area (Å²) in [4.78, 5) is 24.4. The molecule has 0 spiro atoms. The molecular formula is C23H19ClN2O3. The van der Waals surface area contributed by atoms with Crippen molar-refractivity contribution in [3.05, 3.63) is 95.0 Å². The number of methoxy groups -OCH3 is 1. The monoisotopic (exact) mass is 406 g/mol. The number of benzene rings is 3. The number of hydrogen-bond donors (Lipinski definition) is 2. The Hall–Kier alpha value is -3.57. The maximum Gasteiger partial charge on any atom is 0.255 e. The smallest absolute Gasteiger partial charge is 0.255 e. The molecule has 3 aromatic carbocycles. The molecular weight excluding hydrogens is 388 g/mol. The maximum absolute atomic E-state index is 12.3. The number of anilines is 2. The first-order valence-corrected chi connectivity index (χ1v) is 9.21. The van der Waals surface area contributed by atoms with E-state index in [9.17, 15) is 9.59 Å². The molecule has 3 rings (SSSR count). The Labute approximate surface area is 174 Å². The molecule has 0 atom stereocenters. The summed E-state index contributed by atoms with van der Waals surface area (Å²) in [6.45, 7) is 0. The Morgan fingerprint density at radius 3 is 2.21 bits per heavy atom. The van der Waals surface area contributed by atoms with Crippen LogP contribution in [0, 0.1) is 0 Å². The fraction of sp³-hybridized carbons (Fsp3) is 0.0435. The highest BCUT2D eigenvalue weighted by atomic mass is 35.5. The molecule has 0 heterocycles. The van der Waals surface area contributed by atoms with Gasteiger partial charge in [0.05, 0.1) is 7.11 Å². The lowest BCUT2D eigenvalue weighted by molar-refractivity contribution is -0.111. The highest BCUT2D eigenvalue weighted by Gasteiger charge is 2.07. The predicted octanol–water partition coefficient (Wildman–Crippen LogP) is 5.25. The van der Waals surface area contributed by atoms with Gasteiger partial charge < -0.3 is 15.4 Å². The van der Waals surface area contributed by atoms with E-state index in [4.69, 9.17) is 16.3 Å². The van der Waals surface area contributed by atoms with E-state index in [1.807, 2.05) is 12.1 Å². The third-order valence-electron chi connectivity index (χ3n) is 4.04. The minimum absolute atomic E-state index is 0.242. The van der Waals surface area contributed by atoms with Gasteiger partial charge in [0.2, 0.25) is 5.91 Å². The highest BCUT2D eigenvalue weighted by Crippen LogP contribution is 2.17. The summed E-state index contributed by atoms with van der Waals surface area (Å²) < 4.78 is 5.09. The van der Waals surface area contributed by atoms with E-state index in [1.165, 1.54) is 6.08 Å². The van der Waals surface area contributed by atoms with Gasteiger partial charge in [-0.05, 0) is 72.3 Å². The van der Waals surface area contributed by atoms with Crippen LogP contribution in [0.5, 0.6) is 5.75 Å². The van der Waals surface area contributed by atoms with Gasteiger partial charge in [-0.15, -0.1) is 0 Å². The maximum atomic E-state index is 12.3. The zero-order chi connectivity index (χ0) is 20.6. The van der Waals surface area contributed by atoms with Crippen LogP contribution in [0.15, 0.2) is 78.9 Å². The Bertz CT molecular complexity index is 1030. The molecule has 0 unspecified atom stereocenters. The van der Waals surface area contributed by atoms with Crippen LogP contribution < -0.4 is 15.4 Å². The van der Waals surface area contributed by atoms with Crippen LogP contribution in [-0.4, -0.2) is 18.9 Å². The number of ether oxygens (including phenoxy) is 1. The Balaban J connectivity index is 1.57. The second-order valence-corrected chi connectivity index (χ2v) is 6.57. The van der Waals surface area contributed by atoms with E-state index in [1.54, 1.807) is 73.8 Å². The molecule has 146 valence electrons. The van der Waals surface area contributed by atoms with Gasteiger partial charge in [0, 0.05) is 28.0 Å². The van der Waals surface area contributed by atoms with E-state index in [0.29, 0.717) is 27.7 Å². The molecule has 0 aromatic heterocycles. The van der Waals surface area contributed by atoms with E-state index in [2.05, 4.69) is 10.6 Å². The minimum atomic E-state index is -0.277. The van der Waals surface area contributed by atoms with Gasteiger partial charge in [0.25, 0.3) is 5.91 Å². The molecule has 0 fully saturated rings. The van der Waals surface area contributed by atoms with Crippen molar-refractivity contribution < 1.29 is 14.3 Å².